The van der Waals surface area contributed by atoms with Gasteiger partial charge in [0.25, 0.3) is 0 Å². The van der Waals surface area contributed by atoms with E-state index in [9.17, 15) is 0 Å². The molecule has 0 aliphatic rings. The van der Waals surface area contributed by atoms with Crippen molar-refractivity contribution in [1.82, 2.24) is 15.5 Å². The molecule has 0 bridgehead atoms. The third-order valence-corrected chi connectivity index (χ3v) is 2.98. The van der Waals surface area contributed by atoms with Crippen molar-refractivity contribution in [3.8, 4) is 0 Å². The zero-order chi connectivity index (χ0) is 13.1. The van der Waals surface area contributed by atoms with Crippen molar-refractivity contribution in [3.05, 3.63) is 59.6 Å². The van der Waals surface area contributed by atoms with Crippen molar-refractivity contribution in [2.45, 2.75) is 20.0 Å². The number of rotatable bonds is 4. The summed E-state index contributed by atoms with van der Waals surface area (Å²) in [5.41, 5.74) is 3.19. The molecule has 0 spiro atoms. The van der Waals surface area contributed by atoms with Crippen LogP contribution >= 0.6 is 0 Å². The zero-order valence-electron chi connectivity index (χ0n) is 10.8. The summed E-state index contributed by atoms with van der Waals surface area (Å²) < 4.78 is 5.03. The topological polar surface area (TPSA) is 51.0 Å². The Balaban J connectivity index is 1.65. The van der Waals surface area contributed by atoms with Crippen LogP contribution in [-0.4, -0.2) is 10.1 Å². The molecule has 0 aliphatic carbocycles. The Hall–Kier alpha value is -2.20. The second-order valence-corrected chi connectivity index (χ2v) is 4.56. The van der Waals surface area contributed by atoms with Crippen LogP contribution in [0.1, 0.15) is 17.0 Å². The maximum atomic E-state index is 5.03. The standard InChI is InChI=1S/C15H15N3O/c1-11-7-14(18-19-11)10-16-9-12-4-5-15-13(8-12)3-2-6-17-15/h2-8,16H,9-10H2,1H3. The minimum atomic E-state index is 0.711. The molecule has 0 amide bonds. The summed E-state index contributed by atoms with van der Waals surface area (Å²) >= 11 is 0. The lowest BCUT2D eigenvalue weighted by Gasteiger charge is -2.04. The van der Waals surface area contributed by atoms with Crippen LogP contribution in [0, 0.1) is 6.92 Å². The highest BCUT2D eigenvalue weighted by molar-refractivity contribution is 5.78. The molecule has 2 aromatic heterocycles. The predicted molar refractivity (Wildman–Crippen MR) is 73.5 cm³/mol. The van der Waals surface area contributed by atoms with Gasteiger partial charge >= 0.3 is 0 Å². The number of benzene rings is 1. The van der Waals surface area contributed by atoms with Crippen molar-refractivity contribution < 1.29 is 4.52 Å². The van der Waals surface area contributed by atoms with E-state index in [0.717, 1.165) is 23.5 Å². The van der Waals surface area contributed by atoms with E-state index >= 15 is 0 Å². The highest BCUT2D eigenvalue weighted by atomic mass is 16.5. The van der Waals surface area contributed by atoms with Gasteiger partial charge in [-0.2, -0.15) is 0 Å². The molecule has 19 heavy (non-hydrogen) atoms. The first-order valence-corrected chi connectivity index (χ1v) is 6.28. The SMILES string of the molecule is Cc1cc(CNCc2ccc3ncccc3c2)no1. The molecule has 1 aromatic carbocycles. The maximum absolute atomic E-state index is 5.03. The van der Waals surface area contributed by atoms with Gasteiger partial charge in [0.15, 0.2) is 0 Å². The molecule has 1 N–H and O–H groups in total. The largest absolute Gasteiger partial charge is 0.361 e. The molecule has 96 valence electrons. The van der Waals surface area contributed by atoms with Crippen LogP contribution in [0.15, 0.2) is 47.1 Å². The van der Waals surface area contributed by atoms with Gasteiger partial charge in [0, 0.05) is 30.7 Å². The molecule has 3 rings (SSSR count). The summed E-state index contributed by atoms with van der Waals surface area (Å²) in [6.07, 6.45) is 1.81. The Morgan fingerprint density at radius 2 is 2.11 bits per heavy atom. The molecule has 2 heterocycles. The lowest BCUT2D eigenvalue weighted by molar-refractivity contribution is 0.388. The Kier molecular flexibility index (Phi) is 3.25. The van der Waals surface area contributed by atoms with Crippen LogP contribution in [-0.2, 0) is 13.1 Å². The fraction of sp³-hybridized carbons (Fsp3) is 0.200. The molecule has 0 saturated carbocycles. The molecule has 0 atom stereocenters. The van der Waals surface area contributed by atoms with E-state index in [2.05, 4.69) is 33.7 Å². The van der Waals surface area contributed by atoms with Gasteiger partial charge in [-0.1, -0.05) is 17.3 Å². The molecular formula is C15H15N3O. The van der Waals surface area contributed by atoms with E-state index in [1.54, 1.807) is 0 Å². The van der Waals surface area contributed by atoms with Crippen molar-refractivity contribution >= 4 is 10.9 Å². The van der Waals surface area contributed by atoms with E-state index in [0.29, 0.717) is 6.54 Å². The number of nitrogens with one attached hydrogen (secondary N) is 1. The number of fused-ring (bicyclic) bond motifs is 1. The molecule has 0 aliphatic heterocycles. The average Bonchev–Trinajstić information content (AvgIpc) is 2.84. The van der Waals surface area contributed by atoms with E-state index in [-0.39, 0.29) is 0 Å². The highest BCUT2D eigenvalue weighted by Crippen LogP contribution is 2.13. The first-order valence-electron chi connectivity index (χ1n) is 6.28. The number of hydrogen-bond acceptors (Lipinski definition) is 4. The van der Waals surface area contributed by atoms with Gasteiger partial charge in [-0.25, -0.2) is 0 Å². The van der Waals surface area contributed by atoms with E-state index < -0.39 is 0 Å². The zero-order valence-corrected chi connectivity index (χ0v) is 10.8. The Labute approximate surface area is 111 Å². The maximum Gasteiger partial charge on any atom is 0.133 e. The van der Waals surface area contributed by atoms with Crippen molar-refractivity contribution in [1.29, 1.82) is 0 Å². The van der Waals surface area contributed by atoms with E-state index in [4.69, 9.17) is 4.52 Å². The lowest BCUT2D eigenvalue weighted by Crippen LogP contribution is -2.12. The van der Waals surface area contributed by atoms with Crippen LogP contribution in [0.5, 0.6) is 0 Å². The molecular weight excluding hydrogens is 238 g/mol. The minimum Gasteiger partial charge on any atom is -0.361 e. The van der Waals surface area contributed by atoms with Crippen LogP contribution < -0.4 is 5.32 Å². The minimum absolute atomic E-state index is 0.711. The fourth-order valence-electron chi connectivity index (χ4n) is 2.07. The summed E-state index contributed by atoms with van der Waals surface area (Å²) in [6, 6.07) is 12.3. The van der Waals surface area contributed by atoms with Gasteiger partial charge in [0.2, 0.25) is 0 Å². The number of aromatic nitrogens is 2. The number of aryl methyl sites for hydroxylation is 1. The Morgan fingerprint density at radius 1 is 1.16 bits per heavy atom. The van der Waals surface area contributed by atoms with Gasteiger partial charge in [0.05, 0.1) is 11.2 Å². The van der Waals surface area contributed by atoms with E-state index in [1.165, 1.54) is 10.9 Å². The fourth-order valence-corrected chi connectivity index (χ4v) is 2.07. The summed E-state index contributed by atoms with van der Waals surface area (Å²) in [4.78, 5) is 4.31. The second-order valence-electron chi connectivity index (χ2n) is 4.56. The van der Waals surface area contributed by atoms with Gasteiger partial charge in [-0.3, -0.25) is 4.98 Å². The van der Waals surface area contributed by atoms with Crippen LogP contribution in [0.3, 0.4) is 0 Å². The van der Waals surface area contributed by atoms with Crippen LogP contribution in [0.25, 0.3) is 10.9 Å². The summed E-state index contributed by atoms with van der Waals surface area (Å²) in [5.74, 6) is 0.841. The average molecular weight is 253 g/mol. The summed E-state index contributed by atoms with van der Waals surface area (Å²) in [7, 11) is 0. The van der Waals surface area contributed by atoms with Gasteiger partial charge < -0.3 is 9.84 Å². The summed E-state index contributed by atoms with van der Waals surface area (Å²) in [6.45, 7) is 3.41. The number of pyridine rings is 1. The molecule has 3 aromatic rings. The highest BCUT2D eigenvalue weighted by Gasteiger charge is 2.00. The normalized spacial score (nSPS) is 11.0. The molecule has 4 heteroatoms. The van der Waals surface area contributed by atoms with E-state index in [1.807, 2.05) is 31.3 Å². The first-order chi connectivity index (χ1) is 9.31. The molecule has 0 unspecified atom stereocenters. The van der Waals surface area contributed by atoms with Crippen molar-refractivity contribution in [2.75, 3.05) is 0 Å². The quantitative estimate of drug-likeness (QED) is 0.776. The van der Waals surface area contributed by atoms with Crippen molar-refractivity contribution in [3.63, 3.8) is 0 Å². The third kappa shape index (κ3) is 2.80. The lowest BCUT2D eigenvalue weighted by atomic mass is 10.1. The number of nitrogens with zero attached hydrogens (tertiary/aromatic N) is 2. The molecule has 4 nitrogen and oxygen atoms in total. The Bertz CT molecular complexity index is 690. The van der Waals surface area contributed by atoms with Crippen LogP contribution in [0.4, 0.5) is 0 Å². The van der Waals surface area contributed by atoms with Crippen molar-refractivity contribution in [2.24, 2.45) is 0 Å². The number of hydrogen-bond donors (Lipinski definition) is 1. The third-order valence-electron chi connectivity index (χ3n) is 2.98. The predicted octanol–water partition coefficient (Wildman–Crippen LogP) is 2.82. The summed E-state index contributed by atoms with van der Waals surface area (Å²) in [5, 5.41) is 8.47. The smallest absolute Gasteiger partial charge is 0.133 e. The molecule has 0 saturated heterocycles. The van der Waals surface area contributed by atoms with Gasteiger partial charge in [-0.05, 0) is 30.7 Å². The van der Waals surface area contributed by atoms with Gasteiger partial charge in [0.1, 0.15) is 5.76 Å². The first kappa shape index (κ1) is 11.9. The second kappa shape index (κ2) is 5.20. The van der Waals surface area contributed by atoms with Crippen LogP contribution in [0.2, 0.25) is 0 Å². The molecule has 0 fully saturated rings. The molecule has 0 radical (unpaired) electrons. The monoisotopic (exact) mass is 253 g/mol. The Morgan fingerprint density at radius 3 is 2.95 bits per heavy atom. The van der Waals surface area contributed by atoms with Gasteiger partial charge in [-0.15, -0.1) is 0 Å².